The van der Waals surface area contributed by atoms with Crippen LogP contribution in [0.5, 0.6) is 0 Å². The number of nitrogens with zero attached hydrogens (tertiary/aromatic N) is 2. The Morgan fingerprint density at radius 1 is 1.19 bits per heavy atom. The van der Waals surface area contributed by atoms with Crippen molar-refractivity contribution < 1.29 is 14.1 Å². The van der Waals surface area contributed by atoms with E-state index in [1.54, 1.807) is 0 Å². The Hall–Kier alpha value is -0.745. The zero-order chi connectivity index (χ0) is 15.8. The molecule has 0 aliphatic carbocycles. The molecular weight excluding hydrogens is 267 g/mol. The first kappa shape index (κ1) is 16.6. The van der Waals surface area contributed by atoms with Crippen LogP contribution in [-0.4, -0.2) is 59.7 Å². The molecule has 2 rings (SSSR count). The van der Waals surface area contributed by atoms with Crippen LogP contribution in [0.4, 0.5) is 4.79 Å². The number of urea groups is 1. The first-order valence-electron chi connectivity index (χ1n) is 8.14. The van der Waals surface area contributed by atoms with Crippen molar-refractivity contribution in [3.8, 4) is 0 Å². The van der Waals surface area contributed by atoms with Crippen LogP contribution in [0, 0.1) is 0 Å². The fourth-order valence-electron chi connectivity index (χ4n) is 3.03. The summed E-state index contributed by atoms with van der Waals surface area (Å²) in [4.78, 5) is 16.4. The molecule has 1 atom stereocenters. The first-order valence-corrected chi connectivity index (χ1v) is 8.14. The molecule has 0 aromatic carbocycles. The van der Waals surface area contributed by atoms with E-state index in [2.05, 4.69) is 27.7 Å². The number of hydrogen-bond donors (Lipinski definition) is 0. The van der Waals surface area contributed by atoms with Gasteiger partial charge in [-0.25, -0.2) is 4.79 Å². The van der Waals surface area contributed by atoms with Gasteiger partial charge in [0.1, 0.15) is 0 Å². The topological polar surface area (TPSA) is 42.0 Å². The van der Waals surface area contributed by atoms with Crippen molar-refractivity contribution in [3.05, 3.63) is 0 Å². The number of carbonyl (C=O) groups excluding carboxylic acids is 1. The molecular formula is C15H29BN2O3. The summed E-state index contributed by atoms with van der Waals surface area (Å²) in [6.45, 7) is 14.5. The van der Waals surface area contributed by atoms with Crippen LogP contribution in [0.3, 0.4) is 0 Å². The van der Waals surface area contributed by atoms with Gasteiger partial charge in [0.05, 0.1) is 17.1 Å². The predicted molar refractivity (Wildman–Crippen MR) is 84.1 cm³/mol. The van der Waals surface area contributed by atoms with Gasteiger partial charge < -0.3 is 19.1 Å². The van der Waals surface area contributed by atoms with E-state index >= 15 is 0 Å². The van der Waals surface area contributed by atoms with E-state index in [0.717, 1.165) is 32.5 Å². The lowest BCUT2D eigenvalue weighted by atomic mass is 9.76. The molecule has 2 aliphatic heterocycles. The van der Waals surface area contributed by atoms with Crippen LogP contribution in [0.25, 0.3) is 0 Å². The standard InChI is InChI=1S/C15H29BN2O3/c1-7-17(8-2)13(19)18-11-9-10-12(18)16-20-14(3,4)15(5,6)21-16/h12H,7-11H2,1-6H3/t12-/m0/s1. The summed E-state index contributed by atoms with van der Waals surface area (Å²) < 4.78 is 12.3. The second-order valence-electron chi connectivity index (χ2n) is 6.98. The van der Waals surface area contributed by atoms with Crippen LogP contribution in [0.2, 0.25) is 0 Å². The fraction of sp³-hybridized carbons (Fsp3) is 0.933. The fourth-order valence-corrected chi connectivity index (χ4v) is 3.03. The minimum Gasteiger partial charge on any atom is -0.402 e. The molecule has 120 valence electrons. The minimum absolute atomic E-state index is 0.0270. The average Bonchev–Trinajstić information content (AvgIpc) is 2.94. The third-order valence-electron chi connectivity index (χ3n) is 5.16. The molecule has 2 saturated heterocycles. The molecule has 0 aromatic heterocycles. The Morgan fingerprint density at radius 3 is 2.19 bits per heavy atom. The number of hydrogen-bond acceptors (Lipinski definition) is 3. The molecule has 0 aromatic rings. The van der Waals surface area contributed by atoms with Gasteiger partial charge in [0.2, 0.25) is 0 Å². The second-order valence-corrected chi connectivity index (χ2v) is 6.98. The summed E-state index contributed by atoms with van der Waals surface area (Å²) in [6, 6.07) is 0.109. The van der Waals surface area contributed by atoms with Gasteiger partial charge >= 0.3 is 13.1 Å². The summed E-state index contributed by atoms with van der Waals surface area (Å²) in [5, 5.41) is 0. The Kier molecular flexibility index (Phi) is 4.59. The minimum atomic E-state index is -0.343. The summed E-state index contributed by atoms with van der Waals surface area (Å²) in [7, 11) is -0.322. The SMILES string of the molecule is CCN(CC)C(=O)N1CCC[C@H]1B1OC(C)(C)C(C)(C)O1. The van der Waals surface area contributed by atoms with Crippen LogP contribution in [0.1, 0.15) is 54.4 Å². The molecule has 2 aliphatic rings. The predicted octanol–water partition coefficient (Wildman–Crippen LogP) is 2.54. The van der Waals surface area contributed by atoms with Crippen LogP contribution in [0.15, 0.2) is 0 Å². The number of carbonyl (C=O) groups is 1. The van der Waals surface area contributed by atoms with Gasteiger partial charge in [-0.1, -0.05) is 0 Å². The van der Waals surface area contributed by atoms with Gasteiger partial charge in [-0.05, 0) is 54.4 Å². The van der Waals surface area contributed by atoms with E-state index in [4.69, 9.17) is 9.31 Å². The van der Waals surface area contributed by atoms with Gasteiger partial charge in [0.15, 0.2) is 0 Å². The zero-order valence-corrected chi connectivity index (χ0v) is 14.3. The second kappa shape index (κ2) is 5.80. The molecule has 6 heteroatoms. The van der Waals surface area contributed by atoms with Crippen LogP contribution in [-0.2, 0) is 9.31 Å². The Labute approximate surface area is 129 Å². The highest BCUT2D eigenvalue weighted by Crippen LogP contribution is 2.40. The summed E-state index contributed by atoms with van der Waals surface area (Å²) in [5.74, 6) is 0.0270. The van der Waals surface area contributed by atoms with Gasteiger partial charge in [-0.15, -0.1) is 0 Å². The summed E-state index contributed by atoms with van der Waals surface area (Å²) in [5.41, 5.74) is -0.686. The summed E-state index contributed by atoms with van der Waals surface area (Å²) >= 11 is 0. The third kappa shape index (κ3) is 2.93. The van der Waals surface area contributed by atoms with Crippen molar-refractivity contribution in [2.45, 2.75) is 71.5 Å². The van der Waals surface area contributed by atoms with Crippen molar-refractivity contribution in [2.75, 3.05) is 19.6 Å². The zero-order valence-electron chi connectivity index (χ0n) is 14.3. The highest BCUT2D eigenvalue weighted by molar-refractivity contribution is 6.48. The van der Waals surface area contributed by atoms with Gasteiger partial charge in [-0.3, -0.25) is 0 Å². The Morgan fingerprint density at radius 2 is 1.71 bits per heavy atom. The largest absolute Gasteiger partial charge is 0.482 e. The molecule has 0 radical (unpaired) electrons. The van der Waals surface area contributed by atoms with Crippen molar-refractivity contribution in [2.24, 2.45) is 0 Å². The average molecular weight is 296 g/mol. The highest BCUT2D eigenvalue weighted by Gasteiger charge is 2.56. The third-order valence-corrected chi connectivity index (χ3v) is 5.16. The van der Waals surface area contributed by atoms with Gasteiger partial charge in [0, 0.05) is 19.6 Å². The lowest BCUT2D eigenvalue weighted by Crippen LogP contribution is -2.51. The maximum Gasteiger partial charge on any atom is 0.482 e. The highest BCUT2D eigenvalue weighted by atomic mass is 16.7. The van der Waals surface area contributed by atoms with Gasteiger partial charge in [-0.2, -0.15) is 0 Å². The maximum absolute atomic E-state index is 12.6. The molecule has 21 heavy (non-hydrogen) atoms. The molecule has 5 nitrogen and oxygen atoms in total. The molecule has 0 bridgehead atoms. The lowest BCUT2D eigenvalue weighted by Gasteiger charge is -2.32. The smallest absolute Gasteiger partial charge is 0.402 e. The normalized spacial score (nSPS) is 27.2. The van der Waals surface area contributed by atoms with E-state index in [1.165, 1.54) is 0 Å². The Bertz CT molecular complexity index is 380. The molecule has 0 unspecified atom stereocenters. The Balaban J connectivity index is 2.12. The number of rotatable bonds is 3. The van der Waals surface area contributed by atoms with Crippen LogP contribution < -0.4 is 0 Å². The molecule has 2 amide bonds. The van der Waals surface area contributed by atoms with E-state index in [0.29, 0.717) is 0 Å². The maximum atomic E-state index is 12.6. The molecule has 0 spiro atoms. The molecule has 2 fully saturated rings. The molecule has 2 heterocycles. The van der Waals surface area contributed by atoms with E-state index in [1.807, 2.05) is 23.6 Å². The van der Waals surface area contributed by atoms with E-state index < -0.39 is 0 Å². The lowest BCUT2D eigenvalue weighted by molar-refractivity contribution is 0.00578. The number of likely N-dealkylation sites (tertiary alicyclic amines) is 1. The quantitative estimate of drug-likeness (QED) is 0.752. The van der Waals surface area contributed by atoms with Crippen molar-refractivity contribution in [1.82, 2.24) is 9.80 Å². The van der Waals surface area contributed by atoms with Crippen molar-refractivity contribution >= 4 is 13.1 Å². The molecule has 0 N–H and O–H groups in total. The number of amides is 2. The monoisotopic (exact) mass is 296 g/mol. The van der Waals surface area contributed by atoms with Crippen molar-refractivity contribution in [3.63, 3.8) is 0 Å². The van der Waals surface area contributed by atoms with Crippen LogP contribution >= 0.6 is 0 Å². The van der Waals surface area contributed by atoms with E-state index in [-0.39, 0.29) is 30.3 Å². The molecule has 0 saturated carbocycles. The van der Waals surface area contributed by atoms with Crippen molar-refractivity contribution in [1.29, 1.82) is 0 Å². The first-order chi connectivity index (χ1) is 9.73. The van der Waals surface area contributed by atoms with E-state index in [9.17, 15) is 4.79 Å². The van der Waals surface area contributed by atoms with Gasteiger partial charge in [0.25, 0.3) is 0 Å². The summed E-state index contributed by atoms with van der Waals surface area (Å²) in [6.07, 6.45) is 1.96.